The normalized spacial score (nSPS) is 23.9. The molecule has 3 rings (SSSR count). The van der Waals surface area contributed by atoms with Crippen molar-refractivity contribution in [2.45, 2.75) is 38.4 Å². The Balaban J connectivity index is 1.57. The van der Waals surface area contributed by atoms with Crippen molar-refractivity contribution in [2.24, 2.45) is 5.92 Å². The second-order valence-electron chi connectivity index (χ2n) is 8.49. The molecule has 6 nitrogen and oxygen atoms in total. The molecule has 1 aliphatic heterocycles. The van der Waals surface area contributed by atoms with E-state index in [1.165, 1.54) is 66.0 Å². The summed E-state index contributed by atoms with van der Waals surface area (Å²) < 4.78 is 16.4. The Hall–Kier alpha value is -1.89. The molecule has 6 heteroatoms. The second-order valence-corrected chi connectivity index (χ2v) is 8.49. The molecular formula is C24H36N2O4. The molecule has 1 saturated heterocycles. The van der Waals surface area contributed by atoms with Gasteiger partial charge < -0.3 is 24.0 Å². The van der Waals surface area contributed by atoms with E-state index >= 15 is 0 Å². The molecule has 2 fully saturated rings. The Morgan fingerprint density at radius 3 is 2.63 bits per heavy atom. The van der Waals surface area contributed by atoms with Gasteiger partial charge in [-0.15, -0.1) is 0 Å². The molecule has 0 N–H and O–H groups in total. The summed E-state index contributed by atoms with van der Waals surface area (Å²) in [5.74, 6) is 0.302. The van der Waals surface area contributed by atoms with Gasteiger partial charge in [-0.1, -0.05) is 30.7 Å². The van der Waals surface area contributed by atoms with Crippen LogP contribution in [0, 0.1) is 5.92 Å². The first-order valence-electron chi connectivity index (χ1n) is 11.0. The highest BCUT2D eigenvalue weighted by molar-refractivity contribution is 6.16. The smallest absolute Gasteiger partial charge is 0.341 e. The molecule has 166 valence electrons. The summed E-state index contributed by atoms with van der Waals surface area (Å²) in [4.78, 5) is 17.2. The van der Waals surface area contributed by atoms with Crippen molar-refractivity contribution in [2.75, 3.05) is 54.0 Å². The van der Waals surface area contributed by atoms with Crippen molar-refractivity contribution >= 4 is 11.5 Å². The lowest BCUT2D eigenvalue weighted by Gasteiger charge is -2.37. The molecule has 0 aromatic heterocycles. The molecular weight excluding hydrogens is 380 g/mol. The Morgan fingerprint density at radius 1 is 1.13 bits per heavy atom. The maximum absolute atomic E-state index is 12.2. The lowest BCUT2D eigenvalue weighted by atomic mass is 9.86. The molecule has 2 atom stereocenters. The van der Waals surface area contributed by atoms with E-state index in [1.807, 2.05) is 24.3 Å². The zero-order chi connectivity index (χ0) is 21.3. The van der Waals surface area contributed by atoms with Crippen molar-refractivity contribution in [3.05, 3.63) is 41.7 Å². The summed E-state index contributed by atoms with van der Waals surface area (Å²) in [6.07, 6.45) is 6.47. The Labute approximate surface area is 180 Å². The Kier molecular flexibility index (Phi) is 8.73. The number of ether oxygens (including phenoxy) is 3. The molecule has 1 aliphatic carbocycles. The number of carbonyl (C=O) groups excluding carboxylic acids is 1. The topological polar surface area (TPSA) is 51.2 Å². The largest absolute Gasteiger partial charge is 0.503 e. The Morgan fingerprint density at radius 2 is 1.90 bits per heavy atom. The average Bonchev–Trinajstić information content (AvgIpc) is 2.78. The van der Waals surface area contributed by atoms with Gasteiger partial charge in [0.2, 0.25) is 0 Å². The number of benzene rings is 1. The van der Waals surface area contributed by atoms with Crippen molar-refractivity contribution in [1.82, 2.24) is 9.80 Å². The highest BCUT2D eigenvalue weighted by Gasteiger charge is 2.26. The van der Waals surface area contributed by atoms with Gasteiger partial charge in [-0.05, 0) is 43.4 Å². The number of hydrogen-bond acceptors (Lipinski definition) is 6. The number of piperazine rings is 1. The van der Waals surface area contributed by atoms with E-state index in [1.54, 1.807) is 0 Å². The number of esters is 1. The second kappa shape index (κ2) is 11.5. The fourth-order valence-corrected chi connectivity index (χ4v) is 4.52. The fraction of sp³-hybridized carbons (Fsp3) is 0.625. The number of carbonyl (C=O) groups is 1. The van der Waals surface area contributed by atoms with E-state index in [0.717, 1.165) is 24.0 Å². The third kappa shape index (κ3) is 6.30. The molecule has 0 spiro atoms. The lowest BCUT2D eigenvalue weighted by molar-refractivity contribution is -0.133. The predicted octanol–water partition coefficient (Wildman–Crippen LogP) is 3.17. The predicted molar refractivity (Wildman–Crippen MR) is 118 cm³/mol. The van der Waals surface area contributed by atoms with Crippen molar-refractivity contribution in [3.8, 4) is 0 Å². The van der Waals surface area contributed by atoms with Crippen LogP contribution in [-0.2, 0) is 25.6 Å². The molecule has 0 radical (unpaired) electrons. The van der Waals surface area contributed by atoms with Crippen LogP contribution in [0.5, 0.6) is 0 Å². The summed E-state index contributed by atoms with van der Waals surface area (Å²) in [5, 5.41) is 0. The van der Waals surface area contributed by atoms with Crippen molar-refractivity contribution in [3.63, 3.8) is 0 Å². The van der Waals surface area contributed by atoms with Gasteiger partial charge in [-0.3, -0.25) is 0 Å². The summed E-state index contributed by atoms with van der Waals surface area (Å²) in [6, 6.07) is 7.81. The van der Waals surface area contributed by atoms with E-state index in [-0.39, 0.29) is 6.10 Å². The van der Waals surface area contributed by atoms with Gasteiger partial charge in [-0.25, -0.2) is 4.79 Å². The first-order chi connectivity index (χ1) is 14.6. The van der Waals surface area contributed by atoms with Gasteiger partial charge in [0, 0.05) is 32.7 Å². The van der Waals surface area contributed by atoms with E-state index in [0.29, 0.717) is 18.1 Å². The summed E-state index contributed by atoms with van der Waals surface area (Å²) >= 11 is 0. The lowest BCUT2D eigenvalue weighted by Crippen LogP contribution is -2.46. The number of nitrogens with zero attached hydrogens (tertiary/aromatic N) is 2. The minimum atomic E-state index is -0.408. The molecule has 1 aromatic rings. The quantitative estimate of drug-likeness (QED) is 0.369. The van der Waals surface area contributed by atoms with Crippen LogP contribution in [0.4, 0.5) is 0 Å². The van der Waals surface area contributed by atoms with Crippen molar-refractivity contribution in [1.29, 1.82) is 0 Å². The highest BCUT2D eigenvalue weighted by atomic mass is 16.5. The van der Waals surface area contributed by atoms with Crippen LogP contribution in [0.2, 0.25) is 0 Å². The van der Waals surface area contributed by atoms with Crippen LogP contribution in [0.3, 0.4) is 0 Å². The van der Waals surface area contributed by atoms with E-state index in [2.05, 4.69) is 16.8 Å². The average molecular weight is 417 g/mol. The Bertz CT molecular complexity index is 713. The fourth-order valence-electron chi connectivity index (χ4n) is 4.52. The molecule has 2 aliphatic rings. The van der Waals surface area contributed by atoms with E-state index in [9.17, 15) is 4.79 Å². The van der Waals surface area contributed by atoms with Crippen LogP contribution in [0.15, 0.2) is 30.5 Å². The maximum atomic E-state index is 12.2. The molecule has 1 heterocycles. The van der Waals surface area contributed by atoms with Crippen molar-refractivity contribution < 1.29 is 19.0 Å². The van der Waals surface area contributed by atoms with Crippen LogP contribution in [-0.4, -0.2) is 75.9 Å². The number of likely N-dealkylation sites (N-methyl/N-ethyl adjacent to an activating group) is 1. The number of methoxy groups -OCH3 is 2. The van der Waals surface area contributed by atoms with Gasteiger partial charge in [0.25, 0.3) is 0 Å². The molecule has 0 amide bonds. The van der Waals surface area contributed by atoms with Crippen LogP contribution in [0.25, 0.3) is 5.57 Å². The zero-order valence-corrected chi connectivity index (χ0v) is 18.6. The first kappa shape index (κ1) is 22.8. The minimum absolute atomic E-state index is 0.275. The summed E-state index contributed by atoms with van der Waals surface area (Å²) in [6.45, 7) is 6.36. The first-order valence-corrected chi connectivity index (χ1v) is 11.0. The molecule has 30 heavy (non-hydrogen) atoms. The van der Waals surface area contributed by atoms with Gasteiger partial charge in [0.05, 0.1) is 33.2 Å². The number of hydrogen-bond donors (Lipinski definition) is 0. The number of rotatable bonds is 8. The van der Waals surface area contributed by atoms with Gasteiger partial charge in [0.1, 0.15) is 5.57 Å². The molecule has 1 aromatic carbocycles. The van der Waals surface area contributed by atoms with E-state index in [4.69, 9.17) is 14.2 Å². The third-order valence-corrected chi connectivity index (χ3v) is 6.27. The van der Waals surface area contributed by atoms with Crippen LogP contribution in [0.1, 0.15) is 36.8 Å². The minimum Gasteiger partial charge on any atom is -0.503 e. The zero-order valence-electron chi connectivity index (χ0n) is 18.6. The van der Waals surface area contributed by atoms with Gasteiger partial charge >= 0.3 is 5.97 Å². The third-order valence-electron chi connectivity index (χ3n) is 6.27. The van der Waals surface area contributed by atoms with Gasteiger partial charge in [0.15, 0.2) is 0 Å². The monoisotopic (exact) mass is 416 g/mol. The molecule has 2 unspecified atom stereocenters. The van der Waals surface area contributed by atoms with Crippen LogP contribution >= 0.6 is 0 Å². The van der Waals surface area contributed by atoms with E-state index < -0.39 is 5.97 Å². The molecule has 0 bridgehead atoms. The maximum Gasteiger partial charge on any atom is 0.341 e. The standard InChI is InChI=1S/C24H36N2O4/c1-25-11-13-26(14-12-25)16-19-7-6-9-21(15-19)30-17-20-8-4-5-10-22(20)23(18-28-2)24(27)29-3/h4-5,8,10,18-19,21H,6-7,9,11-17H2,1-3H3/b23-18+. The SMILES string of the molecule is CO/C=C(/C(=O)OC)c1ccccc1COC1CCCC(CN2CCN(C)CC2)C1. The molecule has 1 saturated carbocycles. The summed E-state index contributed by atoms with van der Waals surface area (Å²) in [7, 11) is 5.12. The highest BCUT2D eigenvalue weighted by Crippen LogP contribution is 2.29. The van der Waals surface area contributed by atoms with Crippen LogP contribution < -0.4 is 0 Å². The van der Waals surface area contributed by atoms with Gasteiger partial charge in [-0.2, -0.15) is 0 Å². The summed E-state index contributed by atoms with van der Waals surface area (Å²) in [5.41, 5.74) is 2.19.